The third-order valence-electron chi connectivity index (χ3n) is 5.09. The molecule has 1 amide bonds. The summed E-state index contributed by atoms with van der Waals surface area (Å²) in [4.78, 5) is 13.1. The van der Waals surface area contributed by atoms with E-state index in [4.69, 9.17) is 0 Å². The van der Waals surface area contributed by atoms with Crippen molar-refractivity contribution >= 4 is 30.1 Å². The fourth-order valence-corrected chi connectivity index (χ4v) is 4.56. The van der Waals surface area contributed by atoms with E-state index in [2.05, 4.69) is 22.0 Å². The molecule has 5 nitrogen and oxygen atoms in total. The van der Waals surface area contributed by atoms with Gasteiger partial charge in [-0.2, -0.15) is 16.9 Å². The maximum absolute atomic E-state index is 13.1. The Labute approximate surface area is 148 Å². The third kappa shape index (κ3) is 4.03. The summed E-state index contributed by atoms with van der Waals surface area (Å²) in [5, 5.41) is 11.8. The molecule has 2 fully saturated rings. The molecule has 2 atom stereocenters. The van der Waals surface area contributed by atoms with Crippen LogP contribution in [0.3, 0.4) is 0 Å². The number of nitrogens with zero attached hydrogens (tertiary/aromatic N) is 2. The van der Waals surface area contributed by atoms with Gasteiger partial charge in [0.15, 0.2) is 0 Å². The molecule has 1 saturated heterocycles. The highest BCUT2D eigenvalue weighted by molar-refractivity contribution is 7.99. The van der Waals surface area contributed by atoms with Crippen molar-refractivity contribution < 1.29 is 4.79 Å². The van der Waals surface area contributed by atoms with Crippen LogP contribution in [0.2, 0.25) is 0 Å². The van der Waals surface area contributed by atoms with Crippen molar-refractivity contribution in [3.8, 4) is 0 Å². The van der Waals surface area contributed by atoms with Crippen LogP contribution in [0.25, 0.3) is 0 Å². The molecule has 1 aliphatic heterocycles. The van der Waals surface area contributed by atoms with Gasteiger partial charge in [-0.05, 0) is 57.5 Å². The second kappa shape index (κ2) is 8.40. The number of rotatable bonds is 4. The molecule has 2 aliphatic rings. The molecule has 3 rings (SSSR count). The number of halogens is 1. The van der Waals surface area contributed by atoms with E-state index in [1.165, 1.54) is 12.8 Å². The normalized spacial score (nSPS) is 27.0. The zero-order valence-electron chi connectivity index (χ0n) is 13.7. The molecule has 1 aromatic heterocycles. The number of carbonyl (C=O) groups excluding carboxylic acids is 1. The molecule has 130 valence electrons. The molecule has 23 heavy (non-hydrogen) atoms. The first-order valence-electron chi connectivity index (χ1n) is 8.29. The molecule has 2 N–H and O–H groups in total. The molecule has 0 radical (unpaired) electrons. The SMILES string of the molecule is CSC1CCCC(NC(=O)C2(n3cccn3)CCNCC2)C1.Cl. The summed E-state index contributed by atoms with van der Waals surface area (Å²) in [6.45, 7) is 1.73. The molecular weight excluding hydrogens is 332 g/mol. The van der Waals surface area contributed by atoms with Crippen molar-refractivity contribution in [2.45, 2.75) is 55.4 Å². The van der Waals surface area contributed by atoms with Crippen molar-refractivity contribution in [2.24, 2.45) is 0 Å². The van der Waals surface area contributed by atoms with Crippen LogP contribution in [-0.4, -0.2) is 46.3 Å². The fourth-order valence-electron chi connectivity index (χ4n) is 3.73. The quantitative estimate of drug-likeness (QED) is 0.866. The minimum absolute atomic E-state index is 0. The Kier molecular flexibility index (Phi) is 6.80. The van der Waals surface area contributed by atoms with Crippen LogP contribution in [0.15, 0.2) is 18.5 Å². The van der Waals surface area contributed by atoms with E-state index in [-0.39, 0.29) is 18.3 Å². The highest BCUT2D eigenvalue weighted by atomic mass is 35.5. The summed E-state index contributed by atoms with van der Waals surface area (Å²) in [6, 6.07) is 2.22. The minimum atomic E-state index is -0.513. The van der Waals surface area contributed by atoms with Crippen LogP contribution in [0.1, 0.15) is 38.5 Å². The van der Waals surface area contributed by atoms with Crippen molar-refractivity contribution in [3.63, 3.8) is 0 Å². The van der Waals surface area contributed by atoms with E-state index >= 15 is 0 Å². The van der Waals surface area contributed by atoms with E-state index in [0.29, 0.717) is 11.3 Å². The second-order valence-electron chi connectivity index (χ2n) is 6.43. The average molecular weight is 359 g/mol. The molecule has 1 saturated carbocycles. The highest BCUT2D eigenvalue weighted by Crippen LogP contribution is 2.30. The van der Waals surface area contributed by atoms with Crippen LogP contribution in [0.5, 0.6) is 0 Å². The first-order chi connectivity index (χ1) is 10.7. The number of nitrogens with one attached hydrogen (secondary N) is 2. The Hall–Kier alpha value is -0.720. The lowest BCUT2D eigenvalue weighted by molar-refractivity contribution is -0.133. The number of hydrogen-bond acceptors (Lipinski definition) is 4. The Bertz CT molecular complexity index is 490. The van der Waals surface area contributed by atoms with Crippen LogP contribution in [-0.2, 0) is 10.3 Å². The maximum Gasteiger partial charge on any atom is 0.248 e. The van der Waals surface area contributed by atoms with Crippen LogP contribution >= 0.6 is 24.2 Å². The smallest absolute Gasteiger partial charge is 0.248 e. The molecule has 0 spiro atoms. The molecule has 2 unspecified atom stereocenters. The third-order valence-corrected chi connectivity index (χ3v) is 6.19. The average Bonchev–Trinajstić information content (AvgIpc) is 3.10. The number of thioether (sulfide) groups is 1. The Morgan fingerprint density at radius 1 is 1.39 bits per heavy atom. The van der Waals surface area contributed by atoms with E-state index in [9.17, 15) is 4.79 Å². The van der Waals surface area contributed by atoms with Gasteiger partial charge in [0, 0.05) is 23.7 Å². The summed E-state index contributed by atoms with van der Waals surface area (Å²) in [7, 11) is 0. The molecule has 0 bridgehead atoms. The van der Waals surface area contributed by atoms with Gasteiger partial charge in [0.25, 0.3) is 0 Å². The summed E-state index contributed by atoms with van der Waals surface area (Å²) < 4.78 is 1.87. The Balaban J connectivity index is 0.00000192. The molecular formula is C16H27ClN4OS. The molecule has 1 aromatic rings. The van der Waals surface area contributed by atoms with E-state index in [1.54, 1.807) is 6.20 Å². The van der Waals surface area contributed by atoms with Gasteiger partial charge in [0.2, 0.25) is 5.91 Å². The second-order valence-corrected chi connectivity index (χ2v) is 7.56. The maximum atomic E-state index is 13.1. The van der Waals surface area contributed by atoms with Gasteiger partial charge in [-0.15, -0.1) is 12.4 Å². The van der Waals surface area contributed by atoms with Gasteiger partial charge in [-0.3, -0.25) is 9.48 Å². The minimum Gasteiger partial charge on any atom is -0.351 e. The summed E-state index contributed by atoms with van der Waals surface area (Å²) in [6.07, 6.45) is 12.2. The number of amides is 1. The first-order valence-corrected chi connectivity index (χ1v) is 9.58. The number of aromatic nitrogens is 2. The van der Waals surface area contributed by atoms with E-state index in [0.717, 1.165) is 38.8 Å². The fraction of sp³-hybridized carbons (Fsp3) is 0.750. The Morgan fingerprint density at radius 3 is 2.83 bits per heavy atom. The summed E-state index contributed by atoms with van der Waals surface area (Å²) >= 11 is 1.93. The standard InChI is InChI=1S/C16H26N4OS.ClH/c1-22-14-5-2-4-13(12-14)19-15(21)16(6-9-17-10-7-16)20-11-3-8-18-20;/h3,8,11,13-14,17H,2,4-7,9-10,12H2,1H3,(H,19,21);1H. The zero-order valence-corrected chi connectivity index (χ0v) is 15.3. The molecule has 1 aliphatic carbocycles. The van der Waals surface area contributed by atoms with Gasteiger partial charge >= 0.3 is 0 Å². The molecule has 2 heterocycles. The zero-order chi connectivity index (χ0) is 15.4. The van der Waals surface area contributed by atoms with Crippen molar-refractivity contribution in [3.05, 3.63) is 18.5 Å². The Morgan fingerprint density at radius 2 is 2.17 bits per heavy atom. The van der Waals surface area contributed by atoms with Gasteiger partial charge in [-0.1, -0.05) is 6.42 Å². The van der Waals surface area contributed by atoms with Gasteiger partial charge < -0.3 is 10.6 Å². The lowest BCUT2D eigenvalue weighted by Gasteiger charge is -2.38. The molecule has 7 heteroatoms. The predicted molar refractivity (Wildman–Crippen MR) is 97.3 cm³/mol. The highest BCUT2D eigenvalue weighted by Gasteiger charge is 2.42. The number of piperidine rings is 1. The van der Waals surface area contributed by atoms with E-state index in [1.807, 2.05) is 28.7 Å². The van der Waals surface area contributed by atoms with Crippen LogP contribution in [0, 0.1) is 0 Å². The van der Waals surface area contributed by atoms with Gasteiger partial charge in [-0.25, -0.2) is 0 Å². The lowest BCUT2D eigenvalue weighted by atomic mass is 9.86. The van der Waals surface area contributed by atoms with Gasteiger partial charge in [0.1, 0.15) is 5.54 Å². The van der Waals surface area contributed by atoms with Crippen molar-refractivity contribution in [1.29, 1.82) is 0 Å². The lowest BCUT2D eigenvalue weighted by Crippen LogP contribution is -2.57. The monoisotopic (exact) mass is 358 g/mol. The first kappa shape index (κ1) is 18.6. The van der Waals surface area contributed by atoms with Crippen molar-refractivity contribution in [1.82, 2.24) is 20.4 Å². The van der Waals surface area contributed by atoms with E-state index < -0.39 is 5.54 Å². The topological polar surface area (TPSA) is 59.0 Å². The largest absolute Gasteiger partial charge is 0.351 e. The van der Waals surface area contributed by atoms with Crippen LogP contribution in [0.4, 0.5) is 0 Å². The number of hydrogen-bond donors (Lipinski definition) is 2. The van der Waals surface area contributed by atoms with Crippen LogP contribution < -0.4 is 10.6 Å². The van der Waals surface area contributed by atoms with Crippen molar-refractivity contribution in [2.75, 3.05) is 19.3 Å². The summed E-state index contributed by atoms with van der Waals surface area (Å²) in [5.74, 6) is 0.157. The van der Waals surface area contributed by atoms with Gasteiger partial charge in [0.05, 0.1) is 0 Å². The summed E-state index contributed by atoms with van der Waals surface area (Å²) in [5.41, 5.74) is -0.513. The predicted octanol–water partition coefficient (Wildman–Crippen LogP) is 2.17. The number of carbonyl (C=O) groups is 1. The molecule has 0 aromatic carbocycles.